The van der Waals surface area contributed by atoms with Crippen LogP contribution in [-0.4, -0.2) is 24.5 Å². The van der Waals surface area contributed by atoms with Gasteiger partial charge in [-0.3, -0.25) is 0 Å². The molecule has 18 heavy (non-hydrogen) atoms. The molecule has 0 bridgehead atoms. The molecule has 2 aromatic rings. The van der Waals surface area contributed by atoms with Crippen LogP contribution in [0.5, 0.6) is 0 Å². The van der Waals surface area contributed by atoms with Gasteiger partial charge in [-0.15, -0.1) is 0 Å². The molecular weight excluding hydrogens is 250 g/mol. The number of nitrogens with zero attached hydrogens (tertiary/aromatic N) is 2. The fraction of sp³-hybridized carbons (Fsp3) is 0.250. The lowest BCUT2D eigenvalue weighted by Gasteiger charge is -2.09. The molecule has 0 aliphatic heterocycles. The minimum absolute atomic E-state index is 0.0587. The van der Waals surface area contributed by atoms with Gasteiger partial charge in [-0.05, 0) is 31.0 Å². The lowest BCUT2D eigenvalue weighted by atomic mass is 10.1. The Morgan fingerprint density at radius 3 is 2.50 bits per heavy atom. The molecule has 0 radical (unpaired) electrons. The van der Waals surface area contributed by atoms with Gasteiger partial charge in [-0.25, -0.2) is 13.1 Å². The first-order chi connectivity index (χ1) is 8.30. The summed E-state index contributed by atoms with van der Waals surface area (Å²) in [6, 6.07) is 5.85. The van der Waals surface area contributed by atoms with Crippen LogP contribution in [0, 0.1) is 13.8 Å². The normalized spacial score (nSPS) is 11.7. The summed E-state index contributed by atoms with van der Waals surface area (Å²) in [5.41, 5.74) is 8.70. The zero-order valence-corrected chi connectivity index (χ0v) is 11.3. The maximum Gasteiger partial charge on any atom is 0.180 e. The Balaban J connectivity index is 2.67. The Morgan fingerprint density at radius 1 is 1.28 bits per heavy atom. The lowest BCUT2D eigenvalue weighted by molar-refractivity contribution is 0.602. The summed E-state index contributed by atoms with van der Waals surface area (Å²) in [5, 5.41) is 4.07. The van der Waals surface area contributed by atoms with E-state index in [1.165, 1.54) is 10.9 Å². The Morgan fingerprint density at radius 2 is 1.94 bits per heavy atom. The van der Waals surface area contributed by atoms with Crippen LogP contribution < -0.4 is 5.73 Å². The lowest BCUT2D eigenvalue weighted by Crippen LogP contribution is -2.07. The highest BCUT2D eigenvalue weighted by Crippen LogP contribution is 2.23. The second-order valence-electron chi connectivity index (χ2n) is 4.37. The van der Waals surface area contributed by atoms with Crippen molar-refractivity contribution in [3.8, 4) is 5.69 Å². The smallest absolute Gasteiger partial charge is 0.180 e. The fourth-order valence-corrected chi connectivity index (χ4v) is 2.47. The largest absolute Gasteiger partial charge is 0.382 e. The number of anilines is 1. The molecule has 1 aromatic heterocycles. The molecule has 0 amide bonds. The van der Waals surface area contributed by atoms with Gasteiger partial charge in [0.1, 0.15) is 10.7 Å². The van der Waals surface area contributed by atoms with E-state index < -0.39 is 9.84 Å². The number of nitrogens with two attached hydrogens (primary N) is 1. The Bertz CT molecular complexity index is 702. The van der Waals surface area contributed by atoms with Crippen LogP contribution in [0.25, 0.3) is 5.69 Å². The highest BCUT2D eigenvalue weighted by atomic mass is 32.2. The fourth-order valence-electron chi connectivity index (χ4n) is 1.77. The molecule has 1 aromatic carbocycles. The summed E-state index contributed by atoms with van der Waals surface area (Å²) in [6.45, 7) is 3.89. The number of benzene rings is 1. The van der Waals surface area contributed by atoms with Gasteiger partial charge in [0, 0.05) is 6.26 Å². The third-order valence-corrected chi connectivity index (χ3v) is 3.88. The molecule has 6 heteroatoms. The number of rotatable bonds is 2. The van der Waals surface area contributed by atoms with Gasteiger partial charge in [0.05, 0.1) is 11.9 Å². The number of nitrogen functional groups attached to an aromatic ring is 1. The molecule has 96 valence electrons. The summed E-state index contributed by atoms with van der Waals surface area (Å²) >= 11 is 0. The predicted octanol–water partition coefficient (Wildman–Crippen LogP) is 1.47. The van der Waals surface area contributed by atoms with Crippen molar-refractivity contribution in [2.24, 2.45) is 0 Å². The monoisotopic (exact) mass is 265 g/mol. The molecule has 0 saturated heterocycles. The van der Waals surface area contributed by atoms with Crippen molar-refractivity contribution < 1.29 is 8.42 Å². The summed E-state index contributed by atoms with van der Waals surface area (Å²) in [5.74, 6) is 0.145. The van der Waals surface area contributed by atoms with Crippen LogP contribution in [0.4, 0.5) is 5.82 Å². The van der Waals surface area contributed by atoms with E-state index in [4.69, 9.17) is 5.73 Å². The van der Waals surface area contributed by atoms with E-state index in [1.807, 2.05) is 32.0 Å². The standard InChI is InChI=1S/C12H15N3O2S/c1-8-4-5-9(2)10(6-8)15-12(13)11(7-14-15)18(3,16)17/h4-7H,13H2,1-3H3. The summed E-state index contributed by atoms with van der Waals surface area (Å²) < 4.78 is 24.5. The first-order valence-electron chi connectivity index (χ1n) is 5.42. The number of hydrogen-bond donors (Lipinski definition) is 1. The predicted molar refractivity (Wildman–Crippen MR) is 70.6 cm³/mol. The summed E-state index contributed by atoms with van der Waals surface area (Å²) in [6.07, 6.45) is 2.40. The van der Waals surface area contributed by atoms with Gasteiger partial charge >= 0.3 is 0 Å². The summed E-state index contributed by atoms with van der Waals surface area (Å²) in [4.78, 5) is 0.0587. The van der Waals surface area contributed by atoms with Crippen LogP contribution in [0.15, 0.2) is 29.3 Å². The van der Waals surface area contributed by atoms with Crippen molar-refractivity contribution in [1.82, 2.24) is 9.78 Å². The van der Waals surface area contributed by atoms with Crippen molar-refractivity contribution in [3.63, 3.8) is 0 Å². The summed E-state index contributed by atoms with van der Waals surface area (Å²) in [7, 11) is -3.35. The molecular formula is C12H15N3O2S. The van der Waals surface area contributed by atoms with Crippen LogP contribution >= 0.6 is 0 Å². The number of aromatic nitrogens is 2. The van der Waals surface area contributed by atoms with Crippen molar-refractivity contribution in [1.29, 1.82) is 0 Å². The maximum absolute atomic E-state index is 11.5. The first kappa shape index (κ1) is 12.6. The van der Waals surface area contributed by atoms with E-state index in [2.05, 4.69) is 5.10 Å². The zero-order chi connectivity index (χ0) is 13.5. The molecule has 5 nitrogen and oxygen atoms in total. The molecule has 0 aliphatic carbocycles. The molecule has 0 spiro atoms. The number of sulfone groups is 1. The highest BCUT2D eigenvalue weighted by Gasteiger charge is 2.18. The molecule has 1 heterocycles. The van der Waals surface area contributed by atoms with E-state index in [0.29, 0.717) is 0 Å². The van der Waals surface area contributed by atoms with Crippen molar-refractivity contribution in [2.75, 3.05) is 12.0 Å². The zero-order valence-electron chi connectivity index (χ0n) is 10.5. The molecule has 0 unspecified atom stereocenters. The average molecular weight is 265 g/mol. The van der Waals surface area contributed by atoms with E-state index in [1.54, 1.807) is 0 Å². The van der Waals surface area contributed by atoms with E-state index in [9.17, 15) is 8.42 Å². The second-order valence-corrected chi connectivity index (χ2v) is 6.35. The van der Waals surface area contributed by atoms with E-state index in [-0.39, 0.29) is 10.7 Å². The second kappa shape index (κ2) is 4.13. The van der Waals surface area contributed by atoms with E-state index in [0.717, 1.165) is 23.1 Å². The van der Waals surface area contributed by atoms with Gasteiger partial charge in [0.2, 0.25) is 0 Å². The van der Waals surface area contributed by atoms with Gasteiger partial charge in [0.25, 0.3) is 0 Å². The van der Waals surface area contributed by atoms with Crippen molar-refractivity contribution in [3.05, 3.63) is 35.5 Å². The maximum atomic E-state index is 11.5. The van der Waals surface area contributed by atoms with Crippen LogP contribution in [-0.2, 0) is 9.84 Å². The van der Waals surface area contributed by atoms with E-state index >= 15 is 0 Å². The molecule has 2 N–H and O–H groups in total. The minimum atomic E-state index is -3.35. The first-order valence-corrected chi connectivity index (χ1v) is 7.31. The highest BCUT2D eigenvalue weighted by molar-refractivity contribution is 7.90. The van der Waals surface area contributed by atoms with Crippen molar-refractivity contribution >= 4 is 15.7 Å². The molecule has 0 fully saturated rings. The number of hydrogen-bond acceptors (Lipinski definition) is 4. The molecule has 0 saturated carbocycles. The van der Waals surface area contributed by atoms with Gasteiger partial charge in [-0.2, -0.15) is 5.10 Å². The number of aryl methyl sites for hydroxylation is 2. The topological polar surface area (TPSA) is 78.0 Å². The Hall–Kier alpha value is -1.82. The average Bonchev–Trinajstić information content (AvgIpc) is 2.63. The molecule has 0 atom stereocenters. The van der Waals surface area contributed by atoms with Crippen LogP contribution in [0.1, 0.15) is 11.1 Å². The quantitative estimate of drug-likeness (QED) is 0.892. The van der Waals surface area contributed by atoms with Gasteiger partial charge in [-0.1, -0.05) is 12.1 Å². The van der Waals surface area contributed by atoms with Crippen LogP contribution in [0.2, 0.25) is 0 Å². The van der Waals surface area contributed by atoms with Gasteiger partial charge < -0.3 is 5.73 Å². The third-order valence-electron chi connectivity index (χ3n) is 2.76. The third kappa shape index (κ3) is 2.11. The minimum Gasteiger partial charge on any atom is -0.382 e. The Labute approximate surface area is 106 Å². The van der Waals surface area contributed by atoms with Gasteiger partial charge in [0.15, 0.2) is 9.84 Å². The molecule has 0 aliphatic rings. The Kier molecular flexibility index (Phi) is 2.90. The SMILES string of the molecule is Cc1ccc(C)c(-n2ncc(S(C)(=O)=O)c2N)c1. The molecule has 2 rings (SSSR count). The van der Waals surface area contributed by atoms with Crippen LogP contribution in [0.3, 0.4) is 0 Å². The van der Waals surface area contributed by atoms with Crippen molar-refractivity contribution in [2.45, 2.75) is 18.7 Å².